The molecule has 6 nitrogen and oxygen atoms in total. The third-order valence-corrected chi connectivity index (χ3v) is 7.54. The quantitative estimate of drug-likeness (QED) is 0.373. The lowest BCUT2D eigenvalue weighted by atomic mass is 10.0. The summed E-state index contributed by atoms with van der Waals surface area (Å²) in [4.78, 5) is 13.3. The predicted molar refractivity (Wildman–Crippen MR) is 140 cm³/mol. The number of para-hydroxylation sites is 1. The number of hydrogen-bond acceptors (Lipinski definition) is 4. The largest absolute Gasteiger partial charge is 0.457 e. The van der Waals surface area contributed by atoms with Crippen LogP contribution in [0.2, 0.25) is 0 Å². The molecule has 1 N–H and O–H groups in total. The minimum atomic E-state index is -3.74. The van der Waals surface area contributed by atoms with Crippen LogP contribution in [0.15, 0.2) is 84.9 Å². The van der Waals surface area contributed by atoms with Gasteiger partial charge in [0.15, 0.2) is 0 Å². The van der Waals surface area contributed by atoms with Crippen LogP contribution in [0.3, 0.4) is 0 Å². The Balaban J connectivity index is 1.40. The van der Waals surface area contributed by atoms with Crippen molar-refractivity contribution in [1.29, 1.82) is 0 Å². The Bertz CT molecular complexity index is 1490. The Morgan fingerprint density at radius 2 is 1.51 bits per heavy atom. The van der Waals surface area contributed by atoms with Crippen molar-refractivity contribution >= 4 is 38.1 Å². The molecule has 5 rings (SSSR count). The third kappa shape index (κ3) is 4.59. The number of anilines is 2. The summed E-state index contributed by atoms with van der Waals surface area (Å²) in [6, 6.07) is 25.1. The first-order chi connectivity index (χ1) is 16.8. The molecule has 1 aliphatic carbocycles. The number of ether oxygens (including phenoxy) is 1. The Morgan fingerprint density at radius 3 is 2.20 bits per heavy atom. The lowest BCUT2D eigenvalue weighted by molar-refractivity contribution is -0.116. The van der Waals surface area contributed by atoms with Gasteiger partial charge in [-0.15, -0.1) is 0 Å². The molecule has 0 saturated carbocycles. The van der Waals surface area contributed by atoms with Crippen LogP contribution >= 0.6 is 0 Å². The standard InChI is InChI=1S/C28H26N2O4S/c1-19(28(31)29-26-18-13-21-12-11-20-7-6-10-25(26)27(20)21)30(35(2,32)33)22-14-16-24(17-15-22)34-23-8-4-3-5-9-23/h3-10,13-19H,11-12H2,1-2H3,(H,29,31)/t19-/m0/s1. The van der Waals surface area contributed by atoms with E-state index in [9.17, 15) is 13.2 Å². The number of amides is 1. The van der Waals surface area contributed by atoms with E-state index in [0.29, 0.717) is 22.9 Å². The number of aryl methyl sites for hydroxylation is 2. The van der Waals surface area contributed by atoms with Crippen LogP contribution < -0.4 is 14.4 Å². The van der Waals surface area contributed by atoms with Crippen LogP contribution in [0.5, 0.6) is 11.5 Å². The van der Waals surface area contributed by atoms with Gasteiger partial charge in [0, 0.05) is 11.1 Å². The van der Waals surface area contributed by atoms with Crippen LogP contribution in [-0.2, 0) is 27.7 Å². The first-order valence-corrected chi connectivity index (χ1v) is 13.3. The SMILES string of the molecule is C[C@@H](C(=O)Nc1ccc2c3c(cccc13)CC2)N(c1ccc(Oc2ccccc2)cc1)S(C)(=O)=O. The summed E-state index contributed by atoms with van der Waals surface area (Å²) in [7, 11) is -3.74. The van der Waals surface area contributed by atoms with E-state index in [1.54, 1.807) is 31.2 Å². The molecule has 4 aromatic carbocycles. The Labute approximate surface area is 205 Å². The van der Waals surface area contributed by atoms with Crippen molar-refractivity contribution in [2.75, 3.05) is 15.9 Å². The van der Waals surface area contributed by atoms with Gasteiger partial charge in [-0.05, 0) is 78.7 Å². The minimum Gasteiger partial charge on any atom is -0.457 e. The normalized spacial score (nSPS) is 13.4. The van der Waals surface area contributed by atoms with E-state index in [0.717, 1.165) is 28.8 Å². The van der Waals surface area contributed by atoms with Gasteiger partial charge in [-0.2, -0.15) is 0 Å². The van der Waals surface area contributed by atoms with Gasteiger partial charge in [-0.1, -0.05) is 42.5 Å². The van der Waals surface area contributed by atoms with Crippen molar-refractivity contribution < 1.29 is 17.9 Å². The van der Waals surface area contributed by atoms with E-state index < -0.39 is 22.0 Å². The van der Waals surface area contributed by atoms with Gasteiger partial charge in [0.05, 0.1) is 11.9 Å². The summed E-state index contributed by atoms with van der Waals surface area (Å²) in [6.45, 7) is 1.59. The first kappa shape index (κ1) is 22.9. The van der Waals surface area contributed by atoms with Gasteiger partial charge in [-0.3, -0.25) is 9.10 Å². The average Bonchev–Trinajstić information content (AvgIpc) is 3.26. The number of nitrogens with zero attached hydrogens (tertiary/aromatic N) is 1. The van der Waals surface area contributed by atoms with Gasteiger partial charge in [-0.25, -0.2) is 8.42 Å². The van der Waals surface area contributed by atoms with Crippen molar-refractivity contribution in [3.05, 3.63) is 96.1 Å². The lowest BCUT2D eigenvalue weighted by Gasteiger charge is -2.28. The lowest BCUT2D eigenvalue weighted by Crippen LogP contribution is -2.45. The fourth-order valence-electron chi connectivity index (χ4n) is 4.69. The second-order valence-corrected chi connectivity index (χ2v) is 10.6. The van der Waals surface area contributed by atoms with E-state index in [1.165, 1.54) is 16.5 Å². The van der Waals surface area contributed by atoms with Crippen molar-refractivity contribution in [2.45, 2.75) is 25.8 Å². The number of hydrogen-bond donors (Lipinski definition) is 1. The Kier molecular flexibility index (Phi) is 5.94. The van der Waals surface area contributed by atoms with E-state index >= 15 is 0 Å². The first-order valence-electron chi connectivity index (χ1n) is 11.5. The number of benzene rings is 4. The minimum absolute atomic E-state index is 0.385. The molecule has 0 saturated heterocycles. The Hall–Kier alpha value is -3.84. The number of sulfonamides is 1. The average molecular weight is 487 g/mol. The maximum Gasteiger partial charge on any atom is 0.248 e. The van der Waals surface area contributed by atoms with Gasteiger partial charge < -0.3 is 10.1 Å². The van der Waals surface area contributed by atoms with E-state index in [4.69, 9.17) is 4.74 Å². The zero-order valence-electron chi connectivity index (χ0n) is 19.6. The molecular formula is C28H26N2O4S. The molecule has 1 aliphatic rings. The highest BCUT2D eigenvalue weighted by Gasteiger charge is 2.30. The molecule has 0 radical (unpaired) electrons. The zero-order valence-corrected chi connectivity index (χ0v) is 20.4. The molecule has 178 valence electrons. The molecule has 1 atom stereocenters. The van der Waals surface area contributed by atoms with E-state index in [1.807, 2.05) is 54.6 Å². The summed E-state index contributed by atoms with van der Waals surface area (Å²) >= 11 is 0. The second-order valence-electron chi connectivity index (χ2n) is 8.74. The van der Waals surface area contributed by atoms with Crippen LogP contribution in [0.1, 0.15) is 18.1 Å². The van der Waals surface area contributed by atoms with Crippen molar-refractivity contribution in [2.24, 2.45) is 0 Å². The van der Waals surface area contributed by atoms with Crippen LogP contribution in [-0.4, -0.2) is 26.6 Å². The summed E-state index contributed by atoms with van der Waals surface area (Å²) in [5.41, 5.74) is 3.62. The smallest absolute Gasteiger partial charge is 0.248 e. The highest BCUT2D eigenvalue weighted by Crippen LogP contribution is 2.35. The van der Waals surface area contributed by atoms with Gasteiger partial charge in [0.2, 0.25) is 15.9 Å². The predicted octanol–water partition coefficient (Wildman–Crippen LogP) is 5.52. The maximum absolute atomic E-state index is 13.3. The molecule has 0 heterocycles. The summed E-state index contributed by atoms with van der Waals surface area (Å²) in [5.74, 6) is 0.843. The monoisotopic (exact) mass is 486 g/mol. The second kappa shape index (κ2) is 9.07. The number of rotatable bonds is 7. The molecule has 7 heteroatoms. The van der Waals surface area contributed by atoms with Crippen molar-refractivity contribution in [3.8, 4) is 11.5 Å². The molecule has 0 fully saturated rings. The zero-order chi connectivity index (χ0) is 24.6. The maximum atomic E-state index is 13.3. The third-order valence-electron chi connectivity index (χ3n) is 6.29. The highest BCUT2D eigenvalue weighted by molar-refractivity contribution is 7.92. The molecule has 0 unspecified atom stereocenters. The summed E-state index contributed by atoms with van der Waals surface area (Å²) < 4.78 is 32.4. The molecule has 4 aromatic rings. The Morgan fingerprint density at radius 1 is 0.857 bits per heavy atom. The van der Waals surface area contributed by atoms with Gasteiger partial charge >= 0.3 is 0 Å². The molecule has 0 aliphatic heterocycles. The van der Waals surface area contributed by atoms with Gasteiger partial charge in [0.1, 0.15) is 17.5 Å². The molecule has 1 amide bonds. The molecule has 0 aromatic heterocycles. The van der Waals surface area contributed by atoms with Crippen LogP contribution in [0.25, 0.3) is 10.8 Å². The molecular weight excluding hydrogens is 460 g/mol. The molecule has 0 bridgehead atoms. The number of nitrogens with one attached hydrogen (secondary N) is 1. The number of carbonyl (C=O) groups excluding carboxylic acids is 1. The fraction of sp³-hybridized carbons (Fsp3) is 0.179. The highest BCUT2D eigenvalue weighted by atomic mass is 32.2. The van der Waals surface area contributed by atoms with Gasteiger partial charge in [0.25, 0.3) is 0 Å². The van der Waals surface area contributed by atoms with Crippen LogP contribution in [0.4, 0.5) is 11.4 Å². The molecule has 35 heavy (non-hydrogen) atoms. The topological polar surface area (TPSA) is 75.7 Å². The summed E-state index contributed by atoms with van der Waals surface area (Å²) in [5, 5.41) is 5.13. The van der Waals surface area contributed by atoms with E-state index in [2.05, 4.69) is 11.4 Å². The fourth-order valence-corrected chi connectivity index (χ4v) is 5.86. The number of carbonyl (C=O) groups is 1. The molecule has 0 spiro atoms. The van der Waals surface area contributed by atoms with Crippen molar-refractivity contribution in [3.63, 3.8) is 0 Å². The van der Waals surface area contributed by atoms with Crippen LogP contribution in [0, 0.1) is 0 Å². The summed E-state index contributed by atoms with van der Waals surface area (Å²) in [6.07, 6.45) is 3.09. The van der Waals surface area contributed by atoms with Crippen molar-refractivity contribution in [1.82, 2.24) is 0 Å². The van der Waals surface area contributed by atoms with E-state index in [-0.39, 0.29) is 0 Å².